The van der Waals surface area contributed by atoms with Crippen molar-refractivity contribution in [1.82, 2.24) is 10.2 Å². The van der Waals surface area contributed by atoms with Crippen molar-refractivity contribution < 1.29 is 9.53 Å². The Morgan fingerprint density at radius 1 is 1.32 bits per heavy atom. The normalized spacial score (nSPS) is 11.3. The third-order valence-electron chi connectivity index (χ3n) is 3.72. The minimum Gasteiger partial charge on any atom is -0.496 e. The number of carbonyl (C=O) groups excluding carboxylic acids is 1. The highest BCUT2D eigenvalue weighted by molar-refractivity contribution is 7.15. The molecule has 0 saturated carbocycles. The standard InChI is InChI=1S/C16H21N3O2S/c1-5-16(2,3)14(20)17-15-19-18-13(22-15)10-11-8-6-7-9-12(11)21-4/h6-9H,5,10H2,1-4H3,(H,17,19,20). The zero-order chi connectivity index (χ0) is 16.2. The maximum atomic E-state index is 12.1. The van der Waals surface area contributed by atoms with Gasteiger partial charge in [0.05, 0.1) is 7.11 Å². The summed E-state index contributed by atoms with van der Waals surface area (Å²) < 4.78 is 5.33. The van der Waals surface area contributed by atoms with Gasteiger partial charge in [0.25, 0.3) is 0 Å². The fourth-order valence-electron chi connectivity index (χ4n) is 1.81. The van der Waals surface area contributed by atoms with E-state index >= 15 is 0 Å². The van der Waals surface area contributed by atoms with Gasteiger partial charge in [0.2, 0.25) is 11.0 Å². The molecule has 0 aliphatic heterocycles. The molecule has 2 rings (SSSR count). The van der Waals surface area contributed by atoms with Crippen LogP contribution in [0.2, 0.25) is 0 Å². The summed E-state index contributed by atoms with van der Waals surface area (Å²) in [6, 6.07) is 7.81. The third kappa shape index (κ3) is 3.82. The van der Waals surface area contributed by atoms with E-state index in [4.69, 9.17) is 4.74 Å². The van der Waals surface area contributed by atoms with Gasteiger partial charge in [-0.05, 0) is 12.5 Å². The average molecular weight is 319 g/mol. The molecular weight excluding hydrogens is 298 g/mol. The lowest BCUT2D eigenvalue weighted by Crippen LogP contribution is -2.29. The lowest BCUT2D eigenvalue weighted by atomic mass is 9.89. The van der Waals surface area contributed by atoms with Gasteiger partial charge in [0.1, 0.15) is 10.8 Å². The third-order valence-corrected chi connectivity index (χ3v) is 4.56. The number of rotatable bonds is 6. The molecule has 2 aromatic rings. The van der Waals surface area contributed by atoms with Gasteiger partial charge < -0.3 is 10.1 Å². The summed E-state index contributed by atoms with van der Waals surface area (Å²) in [6.07, 6.45) is 1.40. The van der Waals surface area contributed by atoms with Crippen LogP contribution in [0.3, 0.4) is 0 Å². The van der Waals surface area contributed by atoms with Gasteiger partial charge in [-0.2, -0.15) is 0 Å². The number of carbonyl (C=O) groups is 1. The summed E-state index contributed by atoms with van der Waals surface area (Å²) in [4.78, 5) is 12.1. The fraction of sp³-hybridized carbons (Fsp3) is 0.438. The number of ether oxygens (including phenoxy) is 1. The topological polar surface area (TPSA) is 64.1 Å². The SMILES string of the molecule is CCC(C)(C)C(=O)Nc1nnc(Cc2ccccc2OC)s1. The number of hydrogen-bond donors (Lipinski definition) is 1. The average Bonchev–Trinajstić information content (AvgIpc) is 2.94. The van der Waals surface area contributed by atoms with Crippen molar-refractivity contribution in [2.45, 2.75) is 33.6 Å². The molecule has 1 aromatic carbocycles. The molecule has 0 aliphatic rings. The maximum Gasteiger partial charge on any atom is 0.231 e. The first-order valence-electron chi connectivity index (χ1n) is 7.22. The Morgan fingerprint density at radius 2 is 2.05 bits per heavy atom. The second kappa shape index (κ2) is 6.87. The van der Waals surface area contributed by atoms with Crippen LogP contribution in [-0.4, -0.2) is 23.2 Å². The molecule has 5 nitrogen and oxygen atoms in total. The van der Waals surface area contributed by atoms with Gasteiger partial charge in [-0.1, -0.05) is 50.3 Å². The largest absolute Gasteiger partial charge is 0.496 e. The zero-order valence-electron chi connectivity index (χ0n) is 13.3. The summed E-state index contributed by atoms with van der Waals surface area (Å²) in [5.41, 5.74) is 0.641. The highest BCUT2D eigenvalue weighted by Gasteiger charge is 2.26. The first-order valence-corrected chi connectivity index (χ1v) is 8.03. The number of aromatic nitrogens is 2. The molecule has 118 valence electrons. The van der Waals surface area contributed by atoms with Crippen LogP contribution in [0.5, 0.6) is 5.75 Å². The van der Waals surface area contributed by atoms with Gasteiger partial charge in [0, 0.05) is 17.4 Å². The monoisotopic (exact) mass is 319 g/mol. The smallest absolute Gasteiger partial charge is 0.231 e. The number of nitrogens with zero attached hydrogens (tertiary/aromatic N) is 2. The van der Waals surface area contributed by atoms with Gasteiger partial charge in [-0.25, -0.2) is 0 Å². The molecule has 0 fully saturated rings. The minimum absolute atomic E-state index is 0.0324. The van der Waals surface area contributed by atoms with Crippen LogP contribution in [0.15, 0.2) is 24.3 Å². The number of hydrogen-bond acceptors (Lipinski definition) is 5. The molecule has 0 radical (unpaired) electrons. The molecule has 6 heteroatoms. The van der Waals surface area contributed by atoms with Crippen LogP contribution in [0.25, 0.3) is 0 Å². The molecule has 0 unspecified atom stereocenters. The molecular formula is C16H21N3O2S. The van der Waals surface area contributed by atoms with Crippen molar-refractivity contribution in [3.63, 3.8) is 0 Å². The second-order valence-corrected chi connectivity index (χ2v) is 6.74. The highest BCUT2D eigenvalue weighted by Crippen LogP contribution is 2.26. The summed E-state index contributed by atoms with van der Waals surface area (Å²) in [6.45, 7) is 5.82. The Bertz CT molecular complexity index is 652. The minimum atomic E-state index is -0.408. The Labute approximate surface area is 134 Å². The molecule has 1 aromatic heterocycles. The molecule has 0 aliphatic carbocycles. The predicted octanol–water partition coefficient (Wildman–Crippen LogP) is 3.51. The van der Waals surface area contributed by atoms with E-state index in [-0.39, 0.29) is 5.91 Å². The van der Waals surface area contributed by atoms with Crippen molar-refractivity contribution >= 4 is 22.4 Å². The van der Waals surface area contributed by atoms with E-state index in [2.05, 4.69) is 15.5 Å². The summed E-state index contributed by atoms with van der Waals surface area (Å²) in [5.74, 6) is 0.797. The zero-order valence-corrected chi connectivity index (χ0v) is 14.2. The molecule has 0 atom stereocenters. The first kappa shape index (κ1) is 16.4. The van der Waals surface area contributed by atoms with Crippen molar-refractivity contribution in [2.24, 2.45) is 5.41 Å². The molecule has 22 heavy (non-hydrogen) atoms. The number of anilines is 1. The number of benzene rings is 1. The predicted molar refractivity (Wildman–Crippen MR) is 88.4 cm³/mol. The van der Waals surface area contributed by atoms with E-state index in [0.29, 0.717) is 11.6 Å². The fourth-order valence-corrected chi connectivity index (χ4v) is 2.57. The van der Waals surface area contributed by atoms with Gasteiger partial charge >= 0.3 is 0 Å². The summed E-state index contributed by atoms with van der Waals surface area (Å²) >= 11 is 1.39. The van der Waals surface area contributed by atoms with E-state index in [0.717, 1.165) is 22.7 Å². The van der Waals surface area contributed by atoms with Crippen molar-refractivity contribution in [2.75, 3.05) is 12.4 Å². The van der Waals surface area contributed by atoms with E-state index in [1.54, 1.807) is 7.11 Å². The van der Waals surface area contributed by atoms with Gasteiger partial charge in [-0.15, -0.1) is 10.2 Å². The van der Waals surface area contributed by atoms with Crippen molar-refractivity contribution in [3.05, 3.63) is 34.8 Å². The molecule has 0 bridgehead atoms. The lowest BCUT2D eigenvalue weighted by molar-refractivity contribution is -0.124. The maximum absolute atomic E-state index is 12.1. The Balaban J connectivity index is 2.07. The molecule has 1 N–H and O–H groups in total. The molecule has 0 saturated heterocycles. The summed E-state index contributed by atoms with van der Waals surface area (Å²) in [7, 11) is 1.65. The molecule has 1 heterocycles. The van der Waals surface area contributed by atoms with Gasteiger partial charge in [0.15, 0.2) is 0 Å². The van der Waals surface area contributed by atoms with Crippen LogP contribution in [0.1, 0.15) is 37.8 Å². The van der Waals surface area contributed by atoms with E-state index < -0.39 is 5.41 Å². The van der Waals surface area contributed by atoms with E-state index in [1.807, 2.05) is 45.0 Å². The highest BCUT2D eigenvalue weighted by atomic mass is 32.1. The van der Waals surface area contributed by atoms with E-state index in [9.17, 15) is 4.79 Å². The van der Waals surface area contributed by atoms with Crippen LogP contribution in [0, 0.1) is 5.41 Å². The number of nitrogens with one attached hydrogen (secondary N) is 1. The second-order valence-electron chi connectivity index (χ2n) is 5.68. The van der Waals surface area contributed by atoms with E-state index in [1.165, 1.54) is 11.3 Å². The van der Waals surface area contributed by atoms with Crippen LogP contribution >= 0.6 is 11.3 Å². The van der Waals surface area contributed by atoms with Crippen LogP contribution in [0.4, 0.5) is 5.13 Å². The molecule has 0 spiro atoms. The van der Waals surface area contributed by atoms with Crippen LogP contribution in [-0.2, 0) is 11.2 Å². The summed E-state index contributed by atoms with van der Waals surface area (Å²) in [5, 5.41) is 12.4. The quantitative estimate of drug-likeness (QED) is 0.885. The van der Waals surface area contributed by atoms with Gasteiger partial charge in [-0.3, -0.25) is 4.79 Å². The number of para-hydroxylation sites is 1. The number of amides is 1. The van der Waals surface area contributed by atoms with Crippen molar-refractivity contribution in [1.29, 1.82) is 0 Å². The van der Waals surface area contributed by atoms with Crippen molar-refractivity contribution in [3.8, 4) is 5.75 Å². The first-order chi connectivity index (χ1) is 10.5. The number of methoxy groups -OCH3 is 1. The Kier molecular flexibility index (Phi) is 5.13. The Hall–Kier alpha value is -1.95. The Morgan fingerprint density at radius 3 is 2.73 bits per heavy atom. The lowest BCUT2D eigenvalue weighted by Gasteiger charge is -2.20. The molecule has 1 amide bonds. The van der Waals surface area contributed by atoms with Crippen LogP contribution < -0.4 is 10.1 Å².